The highest BCUT2D eigenvalue weighted by Gasteiger charge is 2.34. The molecule has 4 aromatic rings. The molecule has 0 bridgehead atoms. The Bertz CT molecular complexity index is 1340. The van der Waals surface area contributed by atoms with Gasteiger partial charge in [-0.05, 0) is 49.2 Å². The molecule has 2 aromatic heterocycles. The number of hydrogen-bond donors (Lipinski definition) is 4. The molecule has 0 saturated carbocycles. The quantitative estimate of drug-likeness (QED) is 0.134. The summed E-state index contributed by atoms with van der Waals surface area (Å²) in [7, 11) is 1.80. The maximum absolute atomic E-state index is 13.8. The maximum Gasteiger partial charge on any atom is 0.573 e. The van der Waals surface area contributed by atoms with Crippen LogP contribution in [0.4, 0.5) is 33.5 Å². The third kappa shape index (κ3) is 7.54. The van der Waals surface area contributed by atoms with Crippen LogP contribution in [-0.4, -0.2) is 64.7 Å². The highest BCUT2D eigenvalue weighted by Crippen LogP contribution is 2.31. The monoisotopic (exact) mass is 554 g/mol. The third-order valence-corrected chi connectivity index (χ3v) is 5.66. The van der Waals surface area contributed by atoms with Crippen molar-refractivity contribution in [2.75, 3.05) is 44.0 Å². The fourth-order valence-corrected chi connectivity index (χ4v) is 3.92. The Morgan fingerprint density at radius 2 is 1.72 bits per heavy atom. The van der Waals surface area contributed by atoms with Gasteiger partial charge in [0.05, 0.1) is 23.2 Å². The van der Waals surface area contributed by atoms with Crippen LogP contribution in [0.2, 0.25) is 0 Å². The number of H-pyrrole nitrogens is 1. The number of fused-ring (bicyclic) bond motifs is 1. The Morgan fingerprint density at radius 3 is 2.41 bits per heavy atom. The van der Waals surface area contributed by atoms with E-state index >= 15 is 0 Å². The number of aromatic amines is 1. The second kappa shape index (κ2) is 12.7. The zero-order valence-corrected chi connectivity index (χ0v) is 20.9. The summed E-state index contributed by atoms with van der Waals surface area (Å²) < 4.78 is 75.2. The first-order valence-electron chi connectivity index (χ1n) is 12.1. The van der Waals surface area contributed by atoms with E-state index in [9.17, 15) is 22.0 Å². The minimum Gasteiger partial charge on any atom is -0.399 e. The lowest BCUT2D eigenvalue weighted by atomic mass is 10.1. The summed E-state index contributed by atoms with van der Waals surface area (Å²) in [6.07, 6.45) is -0.481. The van der Waals surface area contributed by atoms with Gasteiger partial charge in [0.1, 0.15) is 12.7 Å². The highest BCUT2D eigenvalue weighted by atomic mass is 19.4. The lowest BCUT2D eigenvalue weighted by molar-refractivity contribution is -0.276. The number of nitrogens with zero attached hydrogens (tertiary/aromatic N) is 4. The Hall–Kier alpha value is -3.98. The molecular weight excluding hydrogens is 527 g/mol. The highest BCUT2D eigenvalue weighted by molar-refractivity contribution is 6.01. The first-order valence-corrected chi connectivity index (χ1v) is 12.1. The van der Waals surface area contributed by atoms with Crippen LogP contribution in [-0.2, 0) is 11.3 Å². The van der Waals surface area contributed by atoms with Crippen molar-refractivity contribution in [3.05, 3.63) is 54.1 Å². The summed E-state index contributed by atoms with van der Waals surface area (Å²) in [5.74, 6) is -3.57. The number of alkyl halides is 3. The van der Waals surface area contributed by atoms with Crippen molar-refractivity contribution in [2.45, 2.75) is 25.7 Å². The van der Waals surface area contributed by atoms with E-state index in [4.69, 9.17) is 4.74 Å². The Morgan fingerprint density at radius 1 is 0.974 bits per heavy atom. The van der Waals surface area contributed by atoms with Gasteiger partial charge in [-0.15, -0.1) is 23.4 Å². The molecule has 39 heavy (non-hydrogen) atoms. The number of ether oxygens (including phenoxy) is 2. The van der Waals surface area contributed by atoms with Crippen LogP contribution in [0.15, 0.2) is 36.9 Å². The molecule has 0 saturated heterocycles. The van der Waals surface area contributed by atoms with Crippen LogP contribution < -0.4 is 20.7 Å². The summed E-state index contributed by atoms with van der Waals surface area (Å²) >= 11 is 0. The minimum absolute atomic E-state index is 0.0935. The molecule has 0 radical (unpaired) electrons. The third-order valence-electron chi connectivity index (χ3n) is 5.66. The largest absolute Gasteiger partial charge is 0.573 e. The SMILES string of the molecule is CNc1n[nH]c2cc(-n3cnnc3)cc(NCCOCCCCNCc3cc(F)c(OC(F)(F)F)c(F)c3)c12. The normalized spacial score (nSPS) is 11.7. The van der Waals surface area contributed by atoms with Gasteiger partial charge in [0.15, 0.2) is 17.5 Å². The predicted molar refractivity (Wildman–Crippen MR) is 134 cm³/mol. The number of unbranched alkanes of at least 4 members (excludes halogenated alkanes) is 1. The van der Waals surface area contributed by atoms with Crippen LogP contribution >= 0.6 is 0 Å². The lowest BCUT2D eigenvalue weighted by Crippen LogP contribution is -2.20. The minimum atomic E-state index is -5.17. The number of benzene rings is 2. The summed E-state index contributed by atoms with van der Waals surface area (Å²) in [6, 6.07) is 5.55. The molecule has 0 aliphatic rings. The van der Waals surface area contributed by atoms with Gasteiger partial charge in [-0.3, -0.25) is 9.67 Å². The van der Waals surface area contributed by atoms with E-state index in [0.717, 1.165) is 47.3 Å². The topological polar surface area (TPSA) is 114 Å². The van der Waals surface area contributed by atoms with Crippen molar-refractivity contribution in [1.29, 1.82) is 0 Å². The van der Waals surface area contributed by atoms with Gasteiger partial charge in [0, 0.05) is 32.4 Å². The molecule has 0 aliphatic carbocycles. The molecule has 0 atom stereocenters. The number of anilines is 2. The van der Waals surface area contributed by atoms with E-state index in [1.807, 2.05) is 12.1 Å². The number of halogens is 5. The molecule has 0 aliphatic heterocycles. The van der Waals surface area contributed by atoms with Crippen LogP contribution in [0.5, 0.6) is 5.75 Å². The van der Waals surface area contributed by atoms with Gasteiger partial charge < -0.3 is 25.4 Å². The Balaban J connectivity index is 1.16. The fraction of sp³-hybridized carbons (Fsp3) is 0.375. The molecular formula is C24H27F5N8O2. The number of rotatable bonds is 14. The first-order chi connectivity index (χ1) is 18.7. The van der Waals surface area contributed by atoms with E-state index in [2.05, 4.69) is 41.1 Å². The molecule has 4 rings (SSSR count). The van der Waals surface area contributed by atoms with Crippen LogP contribution in [0.3, 0.4) is 0 Å². The molecule has 210 valence electrons. The Labute approximate surface area is 219 Å². The van der Waals surface area contributed by atoms with Crippen molar-refractivity contribution in [3.63, 3.8) is 0 Å². The van der Waals surface area contributed by atoms with Gasteiger partial charge in [0.2, 0.25) is 5.75 Å². The van der Waals surface area contributed by atoms with Crippen LogP contribution in [0, 0.1) is 11.6 Å². The molecule has 0 amide bonds. The van der Waals surface area contributed by atoms with Gasteiger partial charge in [-0.1, -0.05) is 0 Å². The second-order valence-electron chi connectivity index (χ2n) is 8.47. The second-order valence-corrected chi connectivity index (χ2v) is 8.47. The number of aromatic nitrogens is 5. The zero-order chi connectivity index (χ0) is 27.8. The molecule has 4 N–H and O–H groups in total. The predicted octanol–water partition coefficient (Wildman–Crippen LogP) is 4.36. The summed E-state index contributed by atoms with van der Waals surface area (Å²) in [6.45, 7) is 2.16. The smallest absolute Gasteiger partial charge is 0.399 e. The van der Waals surface area contributed by atoms with Gasteiger partial charge in [-0.25, -0.2) is 8.78 Å². The molecule has 0 unspecified atom stereocenters. The van der Waals surface area contributed by atoms with Crippen molar-refractivity contribution in [1.82, 2.24) is 30.3 Å². The fourth-order valence-electron chi connectivity index (χ4n) is 3.92. The van der Waals surface area contributed by atoms with Gasteiger partial charge in [0.25, 0.3) is 0 Å². The summed E-state index contributed by atoms with van der Waals surface area (Å²) in [5.41, 5.74) is 2.75. The van der Waals surface area contributed by atoms with Gasteiger partial charge in [-0.2, -0.15) is 5.10 Å². The molecule has 15 heteroatoms. The lowest BCUT2D eigenvalue weighted by Gasteiger charge is -2.12. The molecule has 0 spiro atoms. The standard InChI is InChI=1S/C24H27F5N8O2/c1-30-23-21-19(10-16(11-20(21)35-36-23)37-13-33-34-14-37)32-5-7-38-6-3-2-4-31-12-15-8-17(25)22(18(26)9-15)39-24(27,28)29/h8-11,13-14,31-32H,2-7,12H2,1H3,(H2,30,35,36). The average molecular weight is 555 g/mol. The van der Waals surface area contributed by atoms with E-state index in [-0.39, 0.29) is 12.1 Å². The van der Waals surface area contributed by atoms with E-state index in [0.29, 0.717) is 32.1 Å². The van der Waals surface area contributed by atoms with Gasteiger partial charge >= 0.3 is 6.36 Å². The Kier molecular flexibility index (Phi) is 9.14. The molecule has 2 aromatic carbocycles. The van der Waals surface area contributed by atoms with Crippen molar-refractivity contribution >= 4 is 22.4 Å². The van der Waals surface area contributed by atoms with Crippen LogP contribution in [0.25, 0.3) is 16.6 Å². The van der Waals surface area contributed by atoms with Crippen LogP contribution in [0.1, 0.15) is 18.4 Å². The molecule has 0 fully saturated rings. The van der Waals surface area contributed by atoms with E-state index in [1.54, 1.807) is 24.3 Å². The van der Waals surface area contributed by atoms with E-state index < -0.39 is 23.7 Å². The summed E-state index contributed by atoms with van der Waals surface area (Å²) in [5, 5.41) is 25.4. The molecule has 10 nitrogen and oxygen atoms in total. The first kappa shape index (κ1) is 28.0. The van der Waals surface area contributed by atoms with E-state index in [1.165, 1.54) is 0 Å². The number of hydrogen-bond acceptors (Lipinski definition) is 8. The average Bonchev–Trinajstić information content (AvgIpc) is 3.57. The molecule has 2 heterocycles. The zero-order valence-electron chi connectivity index (χ0n) is 20.9. The van der Waals surface area contributed by atoms with Crippen molar-refractivity contribution in [2.24, 2.45) is 0 Å². The number of nitrogens with one attached hydrogen (secondary N) is 4. The maximum atomic E-state index is 13.8. The van der Waals surface area contributed by atoms with Crippen molar-refractivity contribution in [3.8, 4) is 11.4 Å². The summed E-state index contributed by atoms with van der Waals surface area (Å²) in [4.78, 5) is 0. The van der Waals surface area contributed by atoms with Crippen molar-refractivity contribution < 1.29 is 31.4 Å².